The van der Waals surface area contributed by atoms with Gasteiger partial charge in [0, 0.05) is 12.4 Å². The van der Waals surface area contributed by atoms with Crippen molar-refractivity contribution in [2.75, 3.05) is 12.4 Å². The van der Waals surface area contributed by atoms with Crippen LogP contribution < -0.4 is 16.0 Å². The quantitative estimate of drug-likeness (QED) is 0.629. The Morgan fingerprint density at radius 1 is 1.30 bits per heavy atom. The summed E-state index contributed by atoms with van der Waals surface area (Å²) in [5.74, 6) is -0.747. The van der Waals surface area contributed by atoms with Crippen molar-refractivity contribution in [3.63, 3.8) is 0 Å². The number of rotatable bonds is 3. The van der Waals surface area contributed by atoms with Crippen molar-refractivity contribution >= 4 is 45.2 Å². The fraction of sp³-hybridized carbons (Fsp3) is 0.235. The first kappa shape index (κ1) is 17.2. The maximum Gasteiger partial charge on any atom is 0.287 e. The summed E-state index contributed by atoms with van der Waals surface area (Å²) in [5, 5.41) is 8.74. The van der Waals surface area contributed by atoms with Gasteiger partial charge in [0.05, 0.1) is 16.9 Å². The molecule has 0 spiro atoms. The van der Waals surface area contributed by atoms with Crippen LogP contribution in [-0.4, -0.2) is 38.7 Å². The van der Waals surface area contributed by atoms with E-state index in [1.165, 1.54) is 18.6 Å². The smallest absolute Gasteiger partial charge is 0.287 e. The monoisotopic (exact) mass is 384 g/mol. The molecule has 3 aromatic rings. The summed E-state index contributed by atoms with van der Waals surface area (Å²) >= 11 is 1.24. The van der Waals surface area contributed by atoms with Crippen LogP contribution in [-0.2, 0) is 11.3 Å². The number of fused-ring (bicyclic) bond motifs is 2. The molecule has 4 rings (SSSR count). The largest absolute Gasteiger partial charge is 0.352 e. The lowest BCUT2D eigenvalue weighted by Gasteiger charge is -2.24. The summed E-state index contributed by atoms with van der Waals surface area (Å²) in [6, 6.07) is 6.83. The Bertz CT molecular complexity index is 1090. The maximum absolute atomic E-state index is 12.8. The molecule has 0 aliphatic carbocycles. The fourth-order valence-electron chi connectivity index (χ4n) is 3.08. The first-order valence-corrected chi connectivity index (χ1v) is 9.05. The molecule has 3 amide bonds. The van der Waals surface area contributed by atoms with Gasteiger partial charge in [-0.1, -0.05) is 18.2 Å². The highest BCUT2D eigenvalue weighted by Gasteiger charge is 2.32. The number of nitrogens with zero attached hydrogens (tertiary/aromatic N) is 3. The maximum atomic E-state index is 12.8. The SMILES string of the molecule is CNC(=O)c1nc(NC(=O)c2nsc3ccccc23)c2n1C(C)C(=O)NC2. The molecule has 1 aromatic carbocycles. The Morgan fingerprint density at radius 3 is 2.85 bits per heavy atom. The molecule has 3 heterocycles. The fourth-order valence-corrected chi connectivity index (χ4v) is 3.85. The third-order valence-electron chi connectivity index (χ3n) is 4.46. The van der Waals surface area contributed by atoms with Crippen LogP contribution in [0.3, 0.4) is 0 Å². The number of imidazole rings is 1. The van der Waals surface area contributed by atoms with Crippen LogP contribution in [0.4, 0.5) is 5.82 Å². The molecule has 138 valence electrons. The number of benzene rings is 1. The van der Waals surface area contributed by atoms with E-state index in [2.05, 4.69) is 25.3 Å². The second-order valence-corrected chi connectivity index (χ2v) is 6.86. The number of amides is 3. The normalized spacial score (nSPS) is 15.9. The van der Waals surface area contributed by atoms with Crippen molar-refractivity contribution < 1.29 is 14.4 Å². The highest BCUT2D eigenvalue weighted by atomic mass is 32.1. The van der Waals surface area contributed by atoms with Crippen LogP contribution >= 0.6 is 11.5 Å². The van der Waals surface area contributed by atoms with E-state index in [1.54, 1.807) is 11.5 Å². The Hall–Kier alpha value is -3.27. The molecule has 3 N–H and O–H groups in total. The number of carbonyl (C=O) groups excluding carboxylic acids is 3. The zero-order valence-electron chi connectivity index (χ0n) is 14.6. The number of aromatic nitrogens is 3. The van der Waals surface area contributed by atoms with Crippen LogP contribution in [0.5, 0.6) is 0 Å². The summed E-state index contributed by atoms with van der Waals surface area (Å²) in [7, 11) is 1.48. The molecule has 0 saturated heterocycles. The lowest BCUT2D eigenvalue weighted by molar-refractivity contribution is -0.125. The van der Waals surface area contributed by atoms with E-state index in [9.17, 15) is 14.4 Å². The second-order valence-electron chi connectivity index (χ2n) is 6.06. The highest BCUT2D eigenvalue weighted by molar-refractivity contribution is 7.13. The van der Waals surface area contributed by atoms with Gasteiger partial charge in [-0.15, -0.1) is 0 Å². The first-order chi connectivity index (χ1) is 13.0. The number of nitrogens with one attached hydrogen (secondary N) is 3. The summed E-state index contributed by atoms with van der Waals surface area (Å²) in [5.41, 5.74) is 0.861. The number of anilines is 1. The Kier molecular flexibility index (Phi) is 4.11. The topological polar surface area (TPSA) is 118 Å². The second kappa shape index (κ2) is 6.47. The molecule has 1 unspecified atom stereocenters. The van der Waals surface area contributed by atoms with Gasteiger partial charge in [-0.3, -0.25) is 14.4 Å². The zero-order valence-corrected chi connectivity index (χ0v) is 15.4. The minimum Gasteiger partial charge on any atom is -0.352 e. The van der Waals surface area contributed by atoms with Crippen molar-refractivity contribution in [3.05, 3.63) is 41.5 Å². The first-order valence-electron chi connectivity index (χ1n) is 8.28. The Morgan fingerprint density at radius 2 is 2.07 bits per heavy atom. The lowest BCUT2D eigenvalue weighted by Crippen LogP contribution is -2.39. The van der Waals surface area contributed by atoms with Gasteiger partial charge in [0.25, 0.3) is 11.8 Å². The molecule has 1 aliphatic rings. The molecule has 0 fully saturated rings. The van der Waals surface area contributed by atoms with E-state index in [0.717, 1.165) is 10.1 Å². The van der Waals surface area contributed by atoms with Crippen LogP contribution in [0, 0.1) is 0 Å². The van der Waals surface area contributed by atoms with Gasteiger partial charge in [0.2, 0.25) is 11.7 Å². The van der Waals surface area contributed by atoms with Crippen molar-refractivity contribution in [2.45, 2.75) is 19.5 Å². The molecule has 27 heavy (non-hydrogen) atoms. The van der Waals surface area contributed by atoms with Crippen LogP contribution in [0.25, 0.3) is 10.1 Å². The van der Waals surface area contributed by atoms with E-state index in [4.69, 9.17) is 0 Å². The van der Waals surface area contributed by atoms with Crippen LogP contribution in [0.1, 0.15) is 39.8 Å². The molecule has 10 heteroatoms. The summed E-state index contributed by atoms with van der Waals surface area (Å²) in [6.45, 7) is 1.84. The summed E-state index contributed by atoms with van der Waals surface area (Å²) < 4.78 is 6.69. The molecule has 1 atom stereocenters. The van der Waals surface area contributed by atoms with Gasteiger partial charge in [-0.25, -0.2) is 4.98 Å². The van der Waals surface area contributed by atoms with Crippen molar-refractivity contribution in [2.24, 2.45) is 0 Å². The molecule has 2 aromatic heterocycles. The molecular formula is C17H16N6O3S. The molecule has 9 nitrogen and oxygen atoms in total. The molecule has 0 saturated carbocycles. The van der Waals surface area contributed by atoms with Crippen molar-refractivity contribution in [1.29, 1.82) is 0 Å². The summed E-state index contributed by atoms with van der Waals surface area (Å²) in [6.07, 6.45) is 0. The average Bonchev–Trinajstić information content (AvgIpc) is 3.26. The highest BCUT2D eigenvalue weighted by Crippen LogP contribution is 2.27. The predicted octanol–water partition coefficient (Wildman–Crippen LogP) is 1.30. The Balaban J connectivity index is 1.74. The van der Waals surface area contributed by atoms with E-state index in [0.29, 0.717) is 11.4 Å². The van der Waals surface area contributed by atoms with Crippen LogP contribution in [0.2, 0.25) is 0 Å². The Labute approximate surface area is 157 Å². The third-order valence-corrected chi connectivity index (χ3v) is 5.29. The molecule has 0 radical (unpaired) electrons. The number of hydrogen-bond acceptors (Lipinski definition) is 6. The van der Waals surface area contributed by atoms with Gasteiger partial charge >= 0.3 is 0 Å². The molecular weight excluding hydrogens is 368 g/mol. The van der Waals surface area contributed by atoms with E-state index >= 15 is 0 Å². The summed E-state index contributed by atoms with van der Waals surface area (Å²) in [4.78, 5) is 41.2. The number of hydrogen-bond donors (Lipinski definition) is 3. The molecule has 0 bridgehead atoms. The number of carbonyl (C=O) groups is 3. The minimum atomic E-state index is -0.612. The van der Waals surface area contributed by atoms with Gasteiger partial charge in [-0.05, 0) is 24.5 Å². The average molecular weight is 384 g/mol. The zero-order chi connectivity index (χ0) is 19.1. The lowest BCUT2D eigenvalue weighted by atomic mass is 10.2. The van der Waals surface area contributed by atoms with E-state index in [1.807, 2.05) is 24.3 Å². The van der Waals surface area contributed by atoms with Crippen molar-refractivity contribution in [3.8, 4) is 0 Å². The van der Waals surface area contributed by atoms with E-state index < -0.39 is 17.9 Å². The minimum absolute atomic E-state index is 0.0771. The van der Waals surface area contributed by atoms with Gasteiger partial charge in [0.1, 0.15) is 11.7 Å². The standard InChI is InChI=1S/C17H16N6O3S/c1-8-15(24)19-7-10-13(20-14(23(8)10)17(26)18-2)21-16(25)12-9-5-3-4-6-11(9)27-22-12/h3-6,8H,7H2,1-2H3,(H,18,26)(H,19,24)(H,21,25). The van der Waals surface area contributed by atoms with Crippen molar-refractivity contribution in [1.82, 2.24) is 24.6 Å². The van der Waals surface area contributed by atoms with Gasteiger partial charge < -0.3 is 20.5 Å². The van der Waals surface area contributed by atoms with Crippen LogP contribution in [0.15, 0.2) is 24.3 Å². The van der Waals surface area contributed by atoms with Gasteiger partial charge in [-0.2, -0.15) is 4.37 Å². The predicted molar refractivity (Wildman–Crippen MR) is 99.7 cm³/mol. The molecule has 1 aliphatic heterocycles. The van der Waals surface area contributed by atoms with Gasteiger partial charge in [0.15, 0.2) is 5.82 Å². The van der Waals surface area contributed by atoms with E-state index in [-0.39, 0.29) is 24.1 Å². The third kappa shape index (κ3) is 2.74.